The predicted molar refractivity (Wildman–Crippen MR) is 148 cm³/mol. The summed E-state index contributed by atoms with van der Waals surface area (Å²) in [6, 6.07) is 7.77. The number of methoxy groups -OCH3 is 1. The van der Waals surface area contributed by atoms with Crippen LogP contribution in [0.1, 0.15) is 19.8 Å². The van der Waals surface area contributed by atoms with Crippen LogP contribution in [-0.4, -0.2) is 65.9 Å². The Hall–Kier alpha value is -3.80. The number of benzene rings is 2. The zero-order valence-electron chi connectivity index (χ0n) is 22.1. The van der Waals surface area contributed by atoms with Crippen LogP contribution in [0, 0.1) is 11.7 Å². The molecule has 1 amide bonds. The monoisotopic (exact) mass is 569 g/mol. The van der Waals surface area contributed by atoms with Crippen molar-refractivity contribution in [1.82, 2.24) is 14.9 Å². The normalized spacial score (nSPS) is 19.6. The van der Waals surface area contributed by atoms with Gasteiger partial charge in [-0.05, 0) is 43.0 Å². The first kappa shape index (κ1) is 27.8. The van der Waals surface area contributed by atoms with E-state index in [0.717, 1.165) is 12.8 Å². The van der Waals surface area contributed by atoms with Crippen molar-refractivity contribution < 1.29 is 28.2 Å². The molecule has 2 fully saturated rings. The summed E-state index contributed by atoms with van der Waals surface area (Å²) in [6.07, 6.45) is 6.71. The number of nitrogens with zero attached hydrogens (tertiary/aromatic N) is 3. The topological polar surface area (TPSA) is 115 Å². The lowest BCUT2D eigenvalue weighted by atomic mass is 10.1. The summed E-state index contributed by atoms with van der Waals surface area (Å²) in [5.74, 6) is -0.881. The fourth-order valence-corrected chi connectivity index (χ4v) is 4.45. The van der Waals surface area contributed by atoms with Gasteiger partial charge in [0.1, 0.15) is 23.7 Å². The van der Waals surface area contributed by atoms with Crippen LogP contribution in [0.2, 0.25) is 5.02 Å². The number of carbonyl (C=O) groups is 2. The number of halogens is 2. The zero-order chi connectivity index (χ0) is 28.3. The Morgan fingerprint density at radius 2 is 2.12 bits per heavy atom. The molecule has 1 aromatic heterocycles. The van der Waals surface area contributed by atoms with Gasteiger partial charge < -0.3 is 24.8 Å². The Morgan fingerprint density at radius 1 is 1.30 bits per heavy atom. The molecule has 1 unspecified atom stereocenters. The minimum Gasteiger partial charge on any atom is -0.491 e. The van der Waals surface area contributed by atoms with Crippen LogP contribution < -0.4 is 15.4 Å². The maximum absolute atomic E-state index is 13.6. The number of amides is 1. The van der Waals surface area contributed by atoms with Gasteiger partial charge in [-0.3, -0.25) is 14.5 Å². The smallest absolute Gasteiger partial charge is 0.322 e. The van der Waals surface area contributed by atoms with Crippen molar-refractivity contribution >= 4 is 51.6 Å². The van der Waals surface area contributed by atoms with E-state index in [1.807, 2.05) is 4.90 Å². The van der Waals surface area contributed by atoms with Gasteiger partial charge in [0.15, 0.2) is 0 Å². The second-order valence-electron chi connectivity index (χ2n) is 9.97. The molecule has 10 nitrogen and oxygen atoms in total. The minimum atomic E-state index is -1.03. The van der Waals surface area contributed by atoms with E-state index in [4.69, 9.17) is 25.8 Å². The van der Waals surface area contributed by atoms with E-state index in [1.54, 1.807) is 31.2 Å². The van der Waals surface area contributed by atoms with Crippen LogP contribution in [0.15, 0.2) is 48.8 Å². The molecule has 0 radical (unpaired) electrons. The van der Waals surface area contributed by atoms with Gasteiger partial charge in [0.25, 0.3) is 0 Å². The van der Waals surface area contributed by atoms with E-state index in [-0.39, 0.29) is 17.5 Å². The Morgan fingerprint density at radius 3 is 2.88 bits per heavy atom. The number of morpholine rings is 1. The van der Waals surface area contributed by atoms with Gasteiger partial charge in [0, 0.05) is 43.8 Å². The van der Waals surface area contributed by atoms with Gasteiger partial charge >= 0.3 is 5.97 Å². The quantitative estimate of drug-likeness (QED) is 0.265. The molecule has 40 heavy (non-hydrogen) atoms. The predicted octanol–water partition coefficient (Wildman–Crippen LogP) is 4.67. The molecule has 12 heteroatoms. The van der Waals surface area contributed by atoms with E-state index >= 15 is 0 Å². The summed E-state index contributed by atoms with van der Waals surface area (Å²) in [5, 5.41) is 6.62. The molecule has 0 spiro atoms. The Kier molecular flexibility index (Phi) is 8.15. The highest BCUT2D eigenvalue weighted by Crippen LogP contribution is 2.36. The first-order valence-corrected chi connectivity index (χ1v) is 13.2. The Balaban J connectivity index is 1.35. The Labute approximate surface area is 235 Å². The Bertz CT molecular complexity index is 1470. The maximum Gasteiger partial charge on any atom is 0.322 e. The number of rotatable bonds is 10. The summed E-state index contributed by atoms with van der Waals surface area (Å²) in [7, 11) is 1.48. The molecule has 5 rings (SSSR count). The molecule has 2 aromatic carbocycles. The van der Waals surface area contributed by atoms with Gasteiger partial charge in [0.2, 0.25) is 11.7 Å². The van der Waals surface area contributed by atoms with Crippen LogP contribution in [-0.2, 0) is 19.1 Å². The van der Waals surface area contributed by atoms with Crippen LogP contribution in [0.4, 0.5) is 21.6 Å². The standard InChI is InChI=1S/C28H29ClFN5O5/c1-28(38-2)15-35(13-26(37)40-28)9-3-4-25(36)34-23-11-19-22(12-24(23)39-14-17-5-6-17)31-16-32-27(19)33-18-7-8-21(30)20(29)10-18/h3-4,7-8,10-12,16-17H,5-6,9,13-15H2,1-2H3,(H,34,36)(H,31,32,33). The number of aromatic nitrogens is 2. The third-order valence-corrected chi connectivity index (χ3v) is 6.90. The number of esters is 1. The van der Waals surface area contributed by atoms with Gasteiger partial charge in [-0.25, -0.2) is 14.4 Å². The van der Waals surface area contributed by atoms with Gasteiger partial charge in [-0.1, -0.05) is 17.7 Å². The SMILES string of the molecule is COC1(C)CN(CC=CC(=O)Nc2cc3c(Nc4ccc(F)c(Cl)c4)ncnc3cc2OCC2CC2)CC(=O)O1. The van der Waals surface area contributed by atoms with E-state index in [9.17, 15) is 14.0 Å². The lowest BCUT2D eigenvalue weighted by molar-refractivity contribution is -0.234. The average molecular weight is 570 g/mol. The molecule has 1 atom stereocenters. The first-order chi connectivity index (χ1) is 19.2. The molecule has 2 N–H and O–H groups in total. The van der Waals surface area contributed by atoms with Crippen molar-refractivity contribution in [1.29, 1.82) is 0 Å². The molecular formula is C28H29ClFN5O5. The van der Waals surface area contributed by atoms with Crippen LogP contribution in [0.5, 0.6) is 5.75 Å². The van der Waals surface area contributed by atoms with Crippen molar-refractivity contribution in [2.45, 2.75) is 25.6 Å². The zero-order valence-corrected chi connectivity index (χ0v) is 22.8. The number of nitrogens with one attached hydrogen (secondary N) is 2. The van der Waals surface area contributed by atoms with Crippen molar-refractivity contribution in [3.8, 4) is 5.75 Å². The molecule has 1 aliphatic carbocycles. The summed E-state index contributed by atoms with van der Waals surface area (Å²) in [4.78, 5) is 35.4. The third-order valence-electron chi connectivity index (χ3n) is 6.61. The number of fused-ring (bicyclic) bond motifs is 1. The summed E-state index contributed by atoms with van der Waals surface area (Å²) in [5.41, 5.74) is 1.59. The van der Waals surface area contributed by atoms with Crippen LogP contribution in [0.25, 0.3) is 10.9 Å². The van der Waals surface area contributed by atoms with Gasteiger partial charge in [-0.15, -0.1) is 0 Å². The van der Waals surface area contributed by atoms with Crippen molar-refractivity contribution in [2.75, 3.05) is 44.0 Å². The lowest BCUT2D eigenvalue weighted by Crippen LogP contribution is -2.53. The molecule has 1 saturated heterocycles. The van der Waals surface area contributed by atoms with Crippen molar-refractivity contribution in [3.63, 3.8) is 0 Å². The summed E-state index contributed by atoms with van der Waals surface area (Å²) in [6.45, 7) is 3.06. The maximum atomic E-state index is 13.6. The summed E-state index contributed by atoms with van der Waals surface area (Å²) < 4.78 is 30.2. The first-order valence-electron chi connectivity index (χ1n) is 12.8. The van der Waals surface area contributed by atoms with E-state index in [1.165, 1.54) is 31.6 Å². The molecule has 1 aliphatic heterocycles. The highest BCUT2D eigenvalue weighted by Gasteiger charge is 2.36. The van der Waals surface area contributed by atoms with Crippen molar-refractivity contribution in [2.24, 2.45) is 5.92 Å². The van der Waals surface area contributed by atoms with E-state index in [0.29, 0.717) is 59.5 Å². The highest BCUT2D eigenvalue weighted by atomic mass is 35.5. The number of cyclic esters (lactones) is 1. The second kappa shape index (κ2) is 11.7. The van der Waals surface area contributed by atoms with Gasteiger partial charge in [-0.2, -0.15) is 0 Å². The summed E-state index contributed by atoms with van der Waals surface area (Å²) >= 11 is 5.94. The fraction of sp³-hybridized carbons (Fsp3) is 0.357. The number of carbonyl (C=O) groups excluding carboxylic acids is 2. The molecule has 0 bridgehead atoms. The number of hydrogen-bond donors (Lipinski definition) is 2. The van der Waals surface area contributed by atoms with E-state index in [2.05, 4.69) is 20.6 Å². The van der Waals surface area contributed by atoms with Gasteiger partial charge in [0.05, 0.1) is 35.9 Å². The molecule has 3 aromatic rings. The van der Waals surface area contributed by atoms with E-state index < -0.39 is 17.6 Å². The van der Waals surface area contributed by atoms with Crippen molar-refractivity contribution in [3.05, 3.63) is 59.7 Å². The lowest BCUT2D eigenvalue weighted by Gasteiger charge is -2.37. The minimum absolute atomic E-state index is 0.0212. The largest absolute Gasteiger partial charge is 0.491 e. The van der Waals surface area contributed by atoms with Crippen LogP contribution in [0.3, 0.4) is 0 Å². The molecule has 2 aliphatic rings. The van der Waals surface area contributed by atoms with Crippen LogP contribution >= 0.6 is 11.6 Å². The number of hydrogen-bond acceptors (Lipinski definition) is 9. The highest BCUT2D eigenvalue weighted by molar-refractivity contribution is 6.31. The molecule has 210 valence electrons. The molecular weight excluding hydrogens is 541 g/mol. The third kappa shape index (κ3) is 6.85. The molecule has 1 saturated carbocycles. The molecule has 2 heterocycles. The average Bonchev–Trinajstić information content (AvgIpc) is 3.74. The number of ether oxygens (including phenoxy) is 3. The second-order valence-corrected chi connectivity index (χ2v) is 10.4. The number of anilines is 3. The fourth-order valence-electron chi connectivity index (χ4n) is 4.27.